The molecule has 2 N–H and O–H groups in total. The number of hydrogen-bond acceptors (Lipinski definition) is 4. The predicted molar refractivity (Wildman–Crippen MR) is 104 cm³/mol. The number of phenols is 2. The third kappa shape index (κ3) is 3.42. The molecule has 0 saturated heterocycles. The number of hydrogen-bond donors (Lipinski definition) is 2. The second-order valence-electron chi connectivity index (χ2n) is 5.72. The van der Waals surface area contributed by atoms with Crippen molar-refractivity contribution < 1.29 is 10.2 Å². The molecule has 25 heavy (non-hydrogen) atoms. The number of aromatic hydroxyl groups is 2. The van der Waals surface area contributed by atoms with Gasteiger partial charge in [0.05, 0.1) is 4.47 Å². The fourth-order valence-electron chi connectivity index (χ4n) is 2.66. The van der Waals surface area contributed by atoms with Crippen molar-refractivity contribution in [1.29, 1.82) is 0 Å². The van der Waals surface area contributed by atoms with Crippen LogP contribution >= 0.6 is 15.9 Å². The summed E-state index contributed by atoms with van der Waals surface area (Å²) in [5, 5.41) is 21.1. The Morgan fingerprint density at radius 2 is 1.40 bits per heavy atom. The van der Waals surface area contributed by atoms with Gasteiger partial charge in [-0.1, -0.05) is 18.2 Å². The van der Waals surface area contributed by atoms with Gasteiger partial charge in [-0.3, -0.25) is 9.97 Å². The normalized spacial score (nSPS) is 10.5. The molecule has 4 rings (SSSR count). The SMILES string of the molecule is Cc1cc(Br)c(O)c2ncccc12.Cc1ccc(O)c2ncccc12. The highest BCUT2D eigenvalue weighted by atomic mass is 79.9. The summed E-state index contributed by atoms with van der Waals surface area (Å²) in [6, 6.07) is 13.1. The van der Waals surface area contributed by atoms with Crippen LogP contribution in [0.25, 0.3) is 21.8 Å². The minimum Gasteiger partial charge on any atom is -0.506 e. The molecule has 0 aliphatic rings. The zero-order chi connectivity index (χ0) is 18.0. The second kappa shape index (κ2) is 7.07. The van der Waals surface area contributed by atoms with E-state index in [-0.39, 0.29) is 11.5 Å². The van der Waals surface area contributed by atoms with Crippen LogP contribution in [0, 0.1) is 13.8 Å². The van der Waals surface area contributed by atoms with E-state index in [0.29, 0.717) is 15.5 Å². The highest BCUT2D eigenvalue weighted by Crippen LogP contribution is 2.33. The molecule has 0 aliphatic heterocycles. The average Bonchev–Trinajstić information content (AvgIpc) is 2.64. The molecule has 4 aromatic rings. The monoisotopic (exact) mass is 396 g/mol. The van der Waals surface area contributed by atoms with Crippen molar-refractivity contribution in [2.45, 2.75) is 13.8 Å². The Morgan fingerprint density at radius 1 is 0.800 bits per heavy atom. The van der Waals surface area contributed by atoms with E-state index in [2.05, 4.69) is 25.9 Å². The number of nitrogens with zero attached hydrogens (tertiary/aromatic N) is 2. The Balaban J connectivity index is 0.000000146. The Hall–Kier alpha value is -2.66. The lowest BCUT2D eigenvalue weighted by Crippen LogP contribution is -1.83. The van der Waals surface area contributed by atoms with Crippen molar-refractivity contribution >= 4 is 37.7 Å². The maximum absolute atomic E-state index is 9.67. The number of benzene rings is 2. The molecule has 126 valence electrons. The van der Waals surface area contributed by atoms with Gasteiger partial charge in [-0.2, -0.15) is 0 Å². The van der Waals surface area contributed by atoms with E-state index >= 15 is 0 Å². The minimum atomic E-state index is 0.209. The first kappa shape index (κ1) is 17.2. The summed E-state index contributed by atoms with van der Waals surface area (Å²) < 4.78 is 0.691. The van der Waals surface area contributed by atoms with Crippen molar-refractivity contribution in [3.63, 3.8) is 0 Å². The molecule has 0 amide bonds. The van der Waals surface area contributed by atoms with Crippen LogP contribution in [0.15, 0.2) is 59.3 Å². The van der Waals surface area contributed by atoms with Gasteiger partial charge in [-0.25, -0.2) is 0 Å². The molecule has 0 atom stereocenters. The number of halogens is 1. The summed E-state index contributed by atoms with van der Waals surface area (Å²) in [5.41, 5.74) is 3.57. The summed E-state index contributed by atoms with van der Waals surface area (Å²) >= 11 is 3.28. The molecular formula is C20H17BrN2O2. The number of rotatable bonds is 0. The van der Waals surface area contributed by atoms with Gasteiger partial charge in [0.25, 0.3) is 0 Å². The Kier molecular flexibility index (Phi) is 4.86. The third-order valence-corrected chi connectivity index (χ3v) is 4.60. The summed E-state index contributed by atoms with van der Waals surface area (Å²) in [6.45, 7) is 4.00. The first-order valence-electron chi connectivity index (χ1n) is 7.75. The van der Waals surface area contributed by atoms with Gasteiger partial charge in [0.15, 0.2) is 5.75 Å². The van der Waals surface area contributed by atoms with Crippen molar-refractivity contribution in [2.75, 3.05) is 0 Å². The molecule has 4 nitrogen and oxygen atoms in total. The van der Waals surface area contributed by atoms with Gasteiger partial charge in [0, 0.05) is 23.2 Å². The Bertz CT molecular complexity index is 1020. The minimum absolute atomic E-state index is 0.209. The molecule has 2 heterocycles. The van der Waals surface area contributed by atoms with E-state index in [1.54, 1.807) is 18.5 Å². The maximum atomic E-state index is 9.67. The smallest absolute Gasteiger partial charge is 0.156 e. The van der Waals surface area contributed by atoms with Gasteiger partial charge >= 0.3 is 0 Å². The fraction of sp³-hybridized carbons (Fsp3) is 0.100. The van der Waals surface area contributed by atoms with E-state index in [0.717, 1.165) is 21.9 Å². The number of pyridine rings is 2. The molecule has 5 heteroatoms. The van der Waals surface area contributed by atoms with Gasteiger partial charge in [0.1, 0.15) is 16.8 Å². The lowest BCUT2D eigenvalue weighted by atomic mass is 10.1. The van der Waals surface area contributed by atoms with Crippen molar-refractivity contribution in [3.8, 4) is 11.5 Å². The van der Waals surface area contributed by atoms with Crippen LogP contribution in [0.3, 0.4) is 0 Å². The number of aromatic nitrogens is 2. The quantitative estimate of drug-likeness (QED) is 0.425. The molecule has 2 aromatic heterocycles. The second-order valence-corrected chi connectivity index (χ2v) is 6.58. The Morgan fingerprint density at radius 3 is 2.04 bits per heavy atom. The van der Waals surface area contributed by atoms with Crippen molar-refractivity contribution in [1.82, 2.24) is 9.97 Å². The molecule has 0 aliphatic carbocycles. The van der Waals surface area contributed by atoms with Gasteiger partial charge in [-0.05, 0) is 65.2 Å². The average molecular weight is 397 g/mol. The van der Waals surface area contributed by atoms with E-state index in [9.17, 15) is 10.2 Å². The third-order valence-electron chi connectivity index (χ3n) is 3.99. The summed E-state index contributed by atoms with van der Waals surface area (Å²) in [5.74, 6) is 0.456. The summed E-state index contributed by atoms with van der Waals surface area (Å²) in [4.78, 5) is 8.21. The first-order chi connectivity index (χ1) is 12.0. The van der Waals surface area contributed by atoms with Crippen LogP contribution in [0.4, 0.5) is 0 Å². The largest absolute Gasteiger partial charge is 0.506 e. The van der Waals surface area contributed by atoms with Crippen LogP contribution in [-0.4, -0.2) is 20.2 Å². The van der Waals surface area contributed by atoms with Crippen LogP contribution < -0.4 is 0 Å². The predicted octanol–water partition coefficient (Wildman–Crippen LogP) is 5.26. The van der Waals surface area contributed by atoms with Crippen molar-refractivity contribution in [2.24, 2.45) is 0 Å². The molecular weight excluding hydrogens is 380 g/mol. The van der Waals surface area contributed by atoms with E-state index in [4.69, 9.17) is 0 Å². The zero-order valence-corrected chi connectivity index (χ0v) is 15.4. The summed E-state index contributed by atoms with van der Waals surface area (Å²) in [6.07, 6.45) is 3.36. The maximum Gasteiger partial charge on any atom is 0.156 e. The molecule has 2 aromatic carbocycles. The highest BCUT2D eigenvalue weighted by molar-refractivity contribution is 9.10. The van der Waals surface area contributed by atoms with Crippen LogP contribution in [-0.2, 0) is 0 Å². The number of phenolic OH excluding ortho intramolecular Hbond substituents is 2. The molecule has 0 spiro atoms. The zero-order valence-electron chi connectivity index (χ0n) is 13.9. The molecule has 0 bridgehead atoms. The van der Waals surface area contributed by atoms with E-state index in [1.807, 2.05) is 50.2 Å². The number of aryl methyl sites for hydroxylation is 2. The van der Waals surface area contributed by atoms with Crippen molar-refractivity contribution in [3.05, 3.63) is 70.5 Å². The van der Waals surface area contributed by atoms with Gasteiger partial charge in [0.2, 0.25) is 0 Å². The Labute approximate surface area is 153 Å². The van der Waals surface area contributed by atoms with Crippen LogP contribution in [0.2, 0.25) is 0 Å². The number of fused-ring (bicyclic) bond motifs is 2. The molecule has 0 fully saturated rings. The standard InChI is InChI=1S/C10H8BrNO.C10H9NO/c1-6-5-8(11)10(13)9-7(6)3-2-4-12-9;1-7-4-5-9(12)10-8(7)3-2-6-11-10/h2-5,13H,1H3;2-6,12H,1H3. The summed E-state index contributed by atoms with van der Waals surface area (Å²) in [7, 11) is 0. The topological polar surface area (TPSA) is 66.2 Å². The van der Waals surface area contributed by atoms with Crippen LogP contribution in [0.1, 0.15) is 11.1 Å². The lowest BCUT2D eigenvalue weighted by Gasteiger charge is -2.04. The molecule has 0 unspecified atom stereocenters. The van der Waals surface area contributed by atoms with Gasteiger partial charge in [-0.15, -0.1) is 0 Å². The van der Waals surface area contributed by atoms with Crippen LogP contribution in [0.5, 0.6) is 11.5 Å². The molecule has 0 radical (unpaired) electrons. The fourth-order valence-corrected chi connectivity index (χ4v) is 3.19. The van der Waals surface area contributed by atoms with Gasteiger partial charge < -0.3 is 10.2 Å². The lowest BCUT2D eigenvalue weighted by molar-refractivity contribution is 0.477. The first-order valence-corrected chi connectivity index (χ1v) is 8.54. The molecule has 0 saturated carbocycles. The highest BCUT2D eigenvalue weighted by Gasteiger charge is 2.07. The van der Waals surface area contributed by atoms with E-state index in [1.165, 1.54) is 0 Å². The van der Waals surface area contributed by atoms with E-state index < -0.39 is 0 Å².